The van der Waals surface area contributed by atoms with Crippen LogP contribution in [-0.2, 0) is 4.74 Å². The zero-order valence-electron chi connectivity index (χ0n) is 9.81. The minimum absolute atomic E-state index is 0. The molecule has 0 aliphatic carbocycles. The van der Waals surface area contributed by atoms with Crippen LogP contribution >= 0.6 is 12.4 Å². The minimum Gasteiger partial charge on any atom is -0.394 e. The number of nitrogens with two attached hydrogens (primary N) is 1. The van der Waals surface area contributed by atoms with Crippen molar-refractivity contribution in [3.05, 3.63) is 22.2 Å². The zero-order valence-corrected chi connectivity index (χ0v) is 10.6. The van der Waals surface area contributed by atoms with Crippen molar-refractivity contribution in [2.45, 2.75) is 31.8 Å². The highest BCUT2D eigenvalue weighted by Gasteiger charge is 2.35. The SMILES string of the molecule is Cc1cn([C@H]2C[C@H](O)[C@@H](CO)O2)c(=O)nc1N.Cl. The third-order valence-electron chi connectivity index (χ3n) is 2.87. The van der Waals surface area contributed by atoms with Crippen LogP contribution in [0.4, 0.5) is 5.82 Å². The van der Waals surface area contributed by atoms with Crippen LogP contribution < -0.4 is 11.4 Å². The fraction of sp³-hybridized carbons (Fsp3) is 0.600. The largest absolute Gasteiger partial charge is 0.394 e. The molecule has 4 N–H and O–H groups in total. The monoisotopic (exact) mass is 277 g/mol. The van der Waals surface area contributed by atoms with Crippen molar-refractivity contribution < 1.29 is 14.9 Å². The van der Waals surface area contributed by atoms with E-state index in [1.807, 2.05) is 0 Å². The molecule has 3 atom stereocenters. The maximum absolute atomic E-state index is 11.6. The molecule has 2 heterocycles. The smallest absolute Gasteiger partial charge is 0.351 e. The highest BCUT2D eigenvalue weighted by Crippen LogP contribution is 2.27. The molecule has 8 heteroatoms. The fourth-order valence-corrected chi connectivity index (χ4v) is 1.84. The van der Waals surface area contributed by atoms with Gasteiger partial charge < -0.3 is 20.7 Å². The Bertz CT molecular complexity index is 479. The molecule has 0 unspecified atom stereocenters. The molecule has 1 aliphatic heterocycles. The van der Waals surface area contributed by atoms with E-state index in [2.05, 4.69) is 4.98 Å². The third kappa shape index (κ3) is 2.64. The number of aliphatic hydroxyl groups excluding tert-OH is 2. The Morgan fingerprint density at radius 2 is 2.33 bits per heavy atom. The lowest BCUT2D eigenvalue weighted by Crippen LogP contribution is -2.28. The molecule has 1 saturated heterocycles. The molecule has 0 bridgehead atoms. The minimum atomic E-state index is -0.783. The predicted octanol–water partition coefficient (Wildman–Crippen LogP) is -0.804. The standard InChI is InChI=1S/C10H15N3O4.ClH/c1-5-3-13(10(16)12-9(5)11)8-2-6(15)7(4-14)17-8;/h3,6-8,14-15H,2,4H2,1H3,(H2,11,12,16);1H/t6-,7+,8+;/m0./s1. The summed E-state index contributed by atoms with van der Waals surface area (Å²) in [7, 11) is 0. The van der Waals surface area contributed by atoms with Gasteiger partial charge in [0.15, 0.2) is 0 Å². The number of ether oxygens (including phenoxy) is 1. The van der Waals surface area contributed by atoms with Gasteiger partial charge in [-0.1, -0.05) is 0 Å². The number of aryl methyl sites for hydroxylation is 1. The number of rotatable bonds is 2. The van der Waals surface area contributed by atoms with Gasteiger partial charge in [-0.05, 0) is 6.92 Å². The van der Waals surface area contributed by atoms with Crippen LogP contribution in [0.5, 0.6) is 0 Å². The van der Waals surface area contributed by atoms with E-state index < -0.39 is 24.1 Å². The Balaban J connectivity index is 0.00000162. The first-order valence-electron chi connectivity index (χ1n) is 5.32. The normalized spacial score (nSPS) is 26.9. The molecule has 0 radical (unpaired) electrons. The van der Waals surface area contributed by atoms with Crippen LogP contribution in [-0.4, -0.2) is 38.6 Å². The lowest BCUT2D eigenvalue weighted by molar-refractivity contribution is -0.0459. The van der Waals surface area contributed by atoms with Gasteiger partial charge in [-0.3, -0.25) is 4.57 Å². The molecule has 18 heavy (non-hydrogen) atoms. The van der Waals surface area contributed by atoms with Crippen molar-refractivity contribution >= 4 is 18.2 Å². The number of hydrogen-bond donors (Lipinski definition) is 3. The number of anilines is 1. The number of halogens is 1. The summed E-state index contributed by atoms with van der Waals surface area (Å²) in [5.41, 5.74) is 5.65. The number of hydrogen-bond acceptors (Lipinski definition) is 6. The van der Waals surface area contributed by atoms with Crippen molar-refractivity contribution in [1.29, 1.82) is 0 Å². The van der Waals surface area contributed by atoms with E-state index in [-0.39, 0.29) is 31.3 Å². The third-order valence-corrected chi connectivity index (χ3v) is 2.87. The first-order valence-corrected chi connectivity index (χ1v) is 5.32. The predicted molar refractivity (Wildman–Crippen MR) is 66.5 cm³/mol. The van der Waals surface area contributed by atoms with Gasteiger partial charge in [0.1, 0.15) is 18.1 Å². The van der Waals surface area contributed by atoms with Crippen LogP contribution in [0, 0.1) is 6.92 Å². The topological polar surface area (TPSA) is 111 Å². The summed E-state index contributed by atoms with van der Waals surface area (Å²) in [6.45, 7) is 1.45. The number of aliphatic hydroxyl groups is 2. The lowest BCUT2D eigenvalue weighted by Gasteiger charge is -2.15. The Labute approximate surface area is 110 Å². The summed E-state index contributed by atoms with van der Waals surface area (Å²) in [4.78, 5) is 15.3. The maximum atomic E-state index is 11.6. The van der Waals surface area contributed by atoms with E-state index in [1.54, 1.807) is 13.1 Å². The van der Waals surface area contributed by atoms with Crippen molar-refractivity contribution in [2.75, 3.05) is 12.3 Å². The van der Waals surface area contributed by atoms with Gasteiger partial charge in [-0.15, -0.1) is 12.4 Å². The zero-order chi connectivity index (χ0) is 12.6. The molecule has 2 rings (SSSR count). The van der Waals surface area contributed by atoms with Crippen molar-refractivity contribution in [3.63, 3.8) is 0 Å². The number of nitrogens with zero attached hydrogens (tertiary/aromatic N) is 2. The molecule has 1 aliphatic rings. The summed E-state index contributed by atoms with van der Waals surface area (Å²) in [6.07, 6.45) is -0.265. The number of aromatic nitrogens is 2. The fourth-order valence-electron chi connectivity index (χ4n) is 1.84. The molecule has 1 fully saturated rings. The Morgan fingerprint density at radius 1 is 1.67 bits per heavy atom. The van der Waals surface area contributed by atoms with Gasteiger partial charge in [0.05, 0.1) is 12.7 Å². The van der Waals surface area contributed by atoms with Crippen molar-refractivity contribution in [3.8, 4) is 0 Å². The number of nitrogen functional groups attached to an aromatic ring is 1. The Morgan fingerprint density at radius 3 is 2.89 bits per heavy atom. The van der Waals surface area contributed by atoms with Crippen molar-refractivity contribution in [2.24, 2.45) is 0 Å². The maximum Gasteiger partial charge on any atom is 0.351 e. The van der Waals surface area contributed by atoms with Crippen LogP contribution in [0.2, 0.25) is 0 Å². The summed E-state index contributed by atoms with van der Waals surface area (Å²) in [6, 6.07) is 0. The Hall–Kier alpha value is -1.15. The highest BCUT2D eigenvalue weighted by atomic mass is 35.5. The first-order chi connectivity index (χ1) is 8.02. The average molecular weight is 278 g/mol. The van der Waals surface area contributed by atoms with Gasteiger partial charge in [0.25, 0.3) is 0 Å². The molecular formula is C10H16ClN3O4. The van der Waals surface area contributed by atoms with Gasteiger partial charge in [-0.2, -0.15) is 4.98 Å². The van der Waals surface area contributed by atoms with E-state index in [0.717, 1.165) is 0 Å². The van der Waals surface area contributed by atoms with Gasteiger partial charge in [0.2, 0.25) is 0 Å². The van der Waals surface area contributed by atoms with Gasteiger partial charge in [-0.25, -0.2) is 4.79 Å². The van der Waals surface area contributed by atoms with Gasteiger partial charge in [0, 0.05) is 18.2 Å². The lowest BCUT2D eigenvalue weighted by atomic mass is 10.2. The van der Waals surface area contributed by atoms with Crippen LogP contribution in [0.25, 0.3) is 0 Å². The molecule has 0 saturated carbocycles. The second-order valence-electron chi connectivity index (χ2n) is 4.11. The summed E-state index contributed by atoms with van der Waals surface area (Å²) >= 11 is 0. The van der Waals surface area contributed by atoms with Crippen LogP contribution in [0.1, 0.15) is 18.2 Å². The second kappa shape index (κ2) is 5.66. The van der Waals surface area contributed by atoms with Crippen LogP contribution in [0.15, 0.2) is 11.0 Å². The molecule has 102 valence electrons. The quantitative estimate of drug-likeness (QED) is 0.652. The average Bonchev–Trinajstić information content (AvgIpc) is 2.65. The van der Waals surface area contributed by atoms with Crippen molar-refractivity contribution in [1.82, 2.24) is 9.55 Å². The summed E-state index contributed by atoms with van der Waals surface area (Å²) < 4.78 is 6.65. The Kier molecular flexibility index (Phi) is 4.69. The van der Waals surface area contributed by atoms with E-state index in [0.29, 0.717) is 5.56 Å². The summed E-state index contributed by atoms with van der Waals surface area (Å²) in [5.74, 6) is 0.184. The van der Waals surface area contributed by atoms with E-state index in [4.69, 9.17) is 15.6 Å². The second-order valence-corrected chi connectivity index (χ2v) is 4.11. The summed E-state index contributed by atoms with van der Waals surface area (Å²) in [5, 5.41) is 18.6. The molecule has 7 nitrogen and oxygen atoms in total. The van der Waals surface area contributed by atoms with Crippen LogP contribution in [0.3, 0.4) is 0 Å². The molecule has 0 amide bonds. The first kappa shape index (κ1) is 14.9. The molecule has 1 aromatic rings. The van der Waals surface area contributed by atoms with E-state index >= 15 is 0 Å². The molecule has 0 aromatic carbocycles. The van der Waals surface area contributed by atoms with E-state index in [9.17, 15) is 9.90 Å². The highest BCUT2D eigenvalue weighted by molar-refractivity contribution is 5.85. The van der Waals surface area contributed by atoms with Gasteiger partial charge >= 0.3 is 5.69 Å². The van der Waals surface area contributed by atoms with E-state index in [1.165, 1.54) is 4.57 Å². The molecule has 0 spiro atoms. The molecular weight excluding hydrogens is 262 g/mol. The molecule has 1 aromatic heterocycles.